The normalized spacial score (nSPS) is 14.1. The lowest BCUT2D eigenvalue weighted by Crippen LogP contribution is -2.48. The molecule has 0 bridgehead atoms. The topological polar surface area (TPSA) is 49.8 Å². The largest absolute Gasteiger partial charge is 0.480 e. The number of rotatable bonds is 7. The molecule has 0 amide bonds. The summed E-state index contributed by atoms with van der Waals surface area (Å²) in [5.41, 5.74) is 0. The molecular weight excluding hydrogens is 227 g/mol. The second-order valence-electron chi connectivity index (χ2n) is 3.40. The summed E-state index contributed by atoms with van der Waals surface area (Å²) in [5.74, 6) is -1.31. The van der Waals surface area contributed by atoms with Crippen molar-refractivity contribution in [2.24, 2.45) is 0 Å². The highest BCUT2D eigenvalue weighted by Gasteiger charge is 2.36. The molecule has 4 nitrogen and oxygen atoms in total. The van der Waals surface area contributed by atoms with Gasteiger partial charge in [-0.1, -0.05) is 6.92 Å². The van der Waals surface area contributed by atoms with Crippen LogP contribution in [0.15, 0.2) is 0 Å². The number of methoxy groups -OCH3 is 1. The molecule has 0 saturated heterocycles. The summed E-state index contributed by atoms with van der Waals surface area (Å²) in [4.78, 5) is 11.7. The Kier molecular flexibility index (Phi) is 6.35. The van der Waals surface area contributed by atoms with Gasteiger partial charge in [-0.05, 0) is 13.0 Å². The minimum Gasteiger partial charge on any atom is -0.480 e. The standard InChI is InChI=1S/C9H16F3NO3/c1-3-4-13(6-9(10,11)12)7(5-16-2)8(14)15/h7H,3-6H2,1-2H3,(H,14,15). The molecule has 7 heteroatoms. The van der Waals surface area contributed by atoms with Gasteiger partial charge in [-0.25, -0.2) is 0 Å². The van der Waals surface area contributed by atoms with E-state index < -0.39 is 24.7 Å². The Bertz CT molecular complexity index is 221. The molecule has 96 valence electrons. The Labute approximate surface area is 92.0 Å². The molecule has 1 unspecified atom stereocenters. The molecule has 0 aliphatic carbocycles. The van der Waals surface area contributed by atoms with Crippen LogP contribution in [-0.4, -0.2) is 55.0 Å². The fourth-order valence-corrected chi connectivity index (χ4v) is 1.35. The van der Waals surface area contributed by atoms with Crippen molar-refractivity contribution >= 4 is 5.97 Å². The van der Waals surface area contributed by atoms with Gasteiger partial charge in [0.05, 0.1) is 13.2 Å². The van der Waals surface area contributed by atoms with Gasteiger partial charge < -0.3 is 9.84 Å². The van der Waals surface area contributed by atoms with E-state index in [1.165, 1.54) is 7.11 Å². The van der Waals surface area contributed by atoms with Crippen LogP contribution in [0.4, 0.5) is 13.2 Å². The first-order chi connectivity index (χ1) is 7.31. The zero-order chi connectivity index (χ0) is 12.8. The molecule has 0 aliphatic rings. The number of carboxylic acid groups (broad SMARTS) is 1. The first-order valence-corrected chi connectivity index (χ1v) is 4.84. The number of ether oxygens (including phenoxy) is 1. The van der Waals surface area contributed by atoms with Crippen molar-refractivity contribution in [1.82, 2.24) is 4.90 Å². The van der Waals surface area contributed by atoms with E-state index in [0.717, 1.165) is 4.90 Å². The SMILES string of the molecule is CCCN(CC(F)(F)F)C(COC)C(=O)O. The Hall–Kier alpha value is -0.820. The van der Waals surface area contributed by atoms with Gasteiger partial charge in [0.2, 0.25) is 0 Å². The van der Waals surface area contributed by atoms with Crippen molar-refractivity contribution in [3.63, 3.8) is 0 Å². The highest BCUT2D eigenvalue weighted by Crippen LogP contribution is 2.18. The molecule has 0 saturated carbocycles. The maximum Gasteiger partial charge on any atom is 0.401 e. The molecule has 16 heavy (non-hydrogen) atoms. The predicted octanol–water partition coefficient (Wildman–Crippen LogP) is 1.36. The molecule has 0 aromatic heterocycles. The number of hydrogen-bond acceptors (Lipinski definition) is 3. The van der Waals surface area contributed by atoms with Crippen LogP contribution in [0.25, 0.3) is 0 Å². The summed E-state index contributed by atoms with van der Waals surface area (Å²) < 4.78 is 41.3. The number of nitrogens with zero attached hydrogens (tertiary/aromatic N) is 1. The summed E-state index contributed by atoms with van der Waals surface area (Å²) in [6.45, 7) is 0.265. The van der Waals surface area contributed by atoms with Crippen LogP contribution in [-0.2, 0) is 9.53 Å². The molecule has 0 rings (SSSR count). The van der Waals surface area contributed by atoms with E-state index in [-0.39, 0.29) is 13.2 Å². The van der Waals surface area contributed by atoms with Gasteiger partial charge in [-0.2, -0.15) is 13.2 Å². The summed E-state index contributed by atoms with van der Waals surface area (Å²) in [6, 6.07) is -1.26. The second kappa shape index (κ2) is 6.70. The molecule has 0 spiro atoms. The highest BCUT2D eigenvalue weighted by atomic mass is 19.4. The zero-order valence-electron chi connectivity index (χ0n) is 9.25. The van der Waals surface area contributed by atoms with Crippen LogP contribution in [0.2, 0.25) is 0 Å². The summed E-state index contributed by atoms with van der Waals surface area (Å²) in [6.07, 6.45) is -3.96. The smallest absolute Gasteiger partial charge is 0.401 e. The van der Waals surface area contributed by atoms with E-state index in [1.54, 1.807) is 6.92 Å². The number of aliphatic carboxylic acids is 1. The van der Waals surface area contributed by atoms with E-state index in [0.29, 0.717) is 6.42 Å². The third kappa shape index (κ3) is 5.92. The number of halogens is 3. The molecule has 0 aliphatic heterocycles. The minimum atomic E-state index is -4.41. The van der Waals surface area contributed by atoms with E-state index in [9.17, 15) is 18.0 Å². The zero-order valence-corrected chi connectivity index (χ0v) is 9.25. The van der Waals surface area contributed by atoms with Gasteiger partial charge in [0.15, 0.2) is 0 Å². The minimum absolute atomic E-state index is 0.0693. The van der Waals surface area contributed by atoms with Crippen molar-refractivity contribution in [1.29, 1.82) is 0 Å². The number of carboxylic acids is 1. The van der Waals surface area contributed by atoms with Crippen molar-refractivity contribution in [2.75, 3.05) is 26.8 Å². The van der Waals surface area contributed by atoms with Gasteiger partial charge >= 0.3 is 12.1 Å². The average molecular weight is 243 g/mol. The van der Waals surface area contributed by atoms with E-state index in [4.69, 9.17) is 5.11 Å². The van der Waals surface area contributed by atoms with E-state index in [2.05, 4.69) is 4.74 Å². The van der Waals surface area contributed by atoms with Crippen LogP contribution < -0.4 is 0 Å². The summed E-state index contributed by atoms with van der Waals surface area (Å²) in [5, 5.41) is 8.81. The van der Waals surface area contributed by atoms with Gasteiger partial charge in [0.1, 0.15) is 6.04 Å². The maximum absolute atomic E-state index is 12.2. The molecule has 1 atom stereocenters. The Balaban J connectivity index is 4.63. The summed E-state index contributed by atoms with van der Waals surface area (Å²) >= 11 is 0. The second-order valence-corrected chi connectivity index (χ2v) is 3.40. The lowest BCUT2D eigenvalue weighted by atomic mass is 10.2. The first-order valence-electron chi connectivity index (χ1n) is 4.84. The Morgan fingerprint density at radius 2 is 2.06 bits per heavy atom. The number of carbonyl (C=O) groups is 1. The monoisotopic (exact) mass is 243 g/mol. The Morgan fingerprint density at radius 1 is 1.50 bits per heavy atom. The van der Waals surface area contributed by atoms with Gasteiger partial charge in [0, 0.05) is 7.11 Å². The summed E-state index contributed by atoms with van der Waals surface area (Å²) in [7, 11) is 1.26. The van der Waals surface area contributed by atoms with Gasteiger partial charge in [0.25, 0.3) is 0 Å². The third-order valence-electron chi connectivity index (χ3n) is 1.94. The number of alkyl halides is 3. The van der Waals surface area contributed by atoms with E-state index in [1.807, 2.05) is 0 Å². The molecule has 0 fully saturated rings. The van der Waals surface area contributed by atoms with Crippen LogP contribution in [0.3, 0.4) is 0 Å². The van der Waals surface area contributed by atoms with Gasteiger partial charge in [-0.15, -0.1) is 0 Å². The molecular formula is C9H16F3NO3. The number of hydrogen-bond donors (Lipinski definition) is 1. The third-order valence-corrected chi connectivity index (χ3v) is 1.94. The van der Waals surface area contributed by atoms with Crippen LogP contribution >= 0.6 is 0 Å². The molecule has 0 heterocycles. The lowest BCUT2D eigenvalue weighted by Gasteiger charge is -2.28. The molecule has 0 aromatic carbocycles. The lowest BCUT2D eigenvalue weighted by molar-refractivity contribution is -0.164. The molecule has 0 radical (unpaired) electrons. The van der Waals surface area contributed by atoms with Gasteiger partial charge in [-0.3, -0.25) is 9.69 Å². The van der Waals surface area contributed by atoms with Crippen molar-refractivity contribution < 1.29 is 27.8 Å². The van der Waals surface area contributed by atoms with Crippen molar-refractivity contribution in [3.8, 4) is 0 Å². The Morgan fingerprint density at radius 3 is 2.38 bits per heavy atom. The van der Waals surface area contributed by atoms with Crippen LogP contribution in [0.5, 0.6) is 0 Å². The van der Waals surface area contributed by atoms with E-state index >= 15 is 0 Å². The van der Waals surface area contributed by atoms with Crippen LogP contribution in [0.1, 0.15) is 13.3 Å². The van der Waals surface area contributed by atoms with Crippen LogP contribution in [0, 0.1) is 0 Å². The fraction of sp³-hybridized carbons (Fsp3) is 0.889. The highest BCUT2D eigenvalue weighted by molar-refractivity contribution is 5.73. The molecule has 1 N–H and O–H groups in total. The predicted molar refractivity (Wildman–Crippen MR) is 51.2 cm³/mol. The maximum atomic E-state index is 12.2. The first kappa shape index (κ1) is 15.2. The quantitative estimate of drug-likeness (QED) is 0.733. The molecule has 0 aromatic rings. The average Bonchev–Trinajstić information content (AvgIpc) is 2.10. The van der Waals surface area contributed by atoms with Crippen molar-refractivity contribution in [2.45, 2.75) is 25.6 Å². The van der Waals surface area contributed by atoms with Crippen molar-refractivity contribution in [3.05, 3.63) is 0 Å². The fourth-order valence-electron chi connectivity index (χ4n) is 1.35.